The van der Waals surface area contributed by atoms with Crippen molar-refractivity contribution in [2.75, 3.05) is 33.1 Å². The van der Waals surface area contributed by atoms with Crippen molar-refractivity contribution in [3.63, 3.8) is 0 Å². The van der Waals surface area contributed by atoms with Crippen LogP contribution in [0.5, 0.6) is 0 Å². The Labute approximate surface area is 121 Å². The number of carbonyl (C=O) groups is 1. The zero-order chi connectivity index (χ0) is 15.0. The lowest BCUT2D eigenvalue weighted by Gasteiger charge is -2.14. The van der Waals surface area contributed by atoms with Gasteiger partial charge < -0.3 is 20.7 Å². The molecule has 5 heteroatoms. The Hall–Kier alpha value is -1.43. The van der Waals surface area contributed by atoms with Gasteiger partial charge >= 0.3 is 0 Å². The molecule has 0 heterocycles. The molecule has 0 spiro atoms. The number of benzene rings is 1. The van der Waals surface area contributed by atoms with Gasteiger partial charge in [0.2, 0.25) is 5.91 Å². The molecule has 0 saturated heterocycles. The van der Waals surface area contributed by atoms with E-state index in [0.29, 0.717) is 13.0 Å². The Balaban J connectivity index is 2.52. The molecular weight excluding hydrogens is 254 g/mol. The first kappa shape index (κ1) is 16.6. The van der Waals surface area contributed by atoms with Gasteiger partial charge in [0.05, 0.1) is 6.04 Å². The molecule has 5 nitrogen and oxygen atoms in total. The largest absolute Gasteiger partial charge is 0.385 e. The van der Waals surface area contributed by atoms with E-state index in [0.717, 1.165) is 24.2 Å². The van der Waals surface area contributed by atoms with Crippen LogP contribution in [0, 0.1) is 0 Å². The van der Waals surface area contributed by atoms with Crippen LogP contribution >= 0.6 is 0 Å². The van der Waals surface area contributed by atoms with Gasteiger partial charge in [-0.25, -0.2) is 0 Å². The van der Waals surface area contributed by atoms with Crippen LogP contribution in [0.2, 0.25) is 0 Å². The highest BCUT2D eigenvalue weighted by Crippen LogP contribution is 2.12. The Morgan fingerprint density at radius 2 is 2.20 bits per heavy atom. The van der Waals surface area contributed by atoms with Crippen LogP contribution in [0.25, 0.3) is 0 Å². The Bertz CT molecular complexity index is 421. The van der Waals surface area contributed by atoms with E-state index in [4.69, 9.17) is 10.5 Å². The summed E-state index contributed by atoms with van der Waals surface area (Å²) >= 11 is 0. The van der Waals surface area contributed by atoms with Gasteiger partial charge in [0, 0.05) is 25.9 Å². The number of hydrogen-bond donors (Lipinski definition) is 2. The molecule has 0 aliphatic carbocycles. The third kappa shape index (κ3) is 6.14. The number of anilines is 1. The fraction of sp³-hybridized carbons (Fsp3) is 0.533. The number of rotatable bonds is 8. The summed E-state index contributed by atoms with van der Waals surface area (Å²) in [6.45, 7) is 1.46. The van der Waals surface area contributed by atoms with Crippen molar-refractivity contribution in [1.82, 2.24) is 4.90 Å². The summed E-state index contributed by atoms with van der Waals surface area (Å²) in [7, 11) is 5.66. The summed E-state index contributed by atoms with van der Waals surface area (Å²) in [5.41, 5.74) is 7.79. The predicted octanol–water partition coefficient (Wildman–Crippen LogP) is 1.44. The average Bonchev–Trinajstić information content (AvgIpc) is 2.38. The topological polar surface area (TPSA) is 67.6 Å². The van der Waals surface area contributed by atoms with E-state index in [1.165, 1.54) is 0 Å². The average molecular weight is 279 g/mol. The minimum Gasteiger partial charge on any atom is -0.385 e. The van der Waals surface area contributed by atoms with Crippen LogP contribution in [-0.4, -0.2) is 44.7 Å². The molecule has 1 unspecified atom stereocenters. The predicted molar refractivity (Wildman–Crippen MR) is 81.5 cm³/mol. The van der Waals surface area contributed by atoms with Crippen molar-refractivity contribution in [3.05, 3.63) is 29.8 Å². The van der Waals surface area contributed by atoms with Gasteiger partial charge in [-0.2, -0.15) is 0 Å². The molecule has 20 heavy (non-hydrogen) atoms. The zero-order valence-corrected chi connectivity index (χ0v) is 12.6. The quantitative estimate of drug-likeness (QED) is 0.707. The van der Waals surface area contributed by atoms with Crippen LogP contribution in [0.4, 0.5) is 5.69 Å². The van der Waals surface area contributed by atoms with Crippen molar-refractivity contribution < 1.29 is 9.53 Å². The molecule has 0 saturated carbocycles. The number of ether oxygens (including phenoxy) is 1. The minimum absolute atomic E-state index is 0.150. The fourth-order valence-corrected chi connectivity index (χ4v) is 1.93. The second kappa shape index (κ2) is 8.68. The van der Waals surface area contributed by atoms with E-state index < -0.39 is 6.04 Å². The van der Waals surface area contributed by atoms with E-state index in [9.17, 15) is 4.79 Å². The molecule has 0 aromatic heterocycles. The molecular formula is C15H25N3O2. The van der Waals surface area contributed by atoms with Gasteiger partial charge in [-0.15, -0.1) is 0 Å². The Morgan fingerprint density at radius 1 is 1.45 bits per heavy atom. The molecule has 0 bridgehead atoms. The highest BCUT2D eigenvalue weighted by Gasteiger charge is 2.13. The van der Waals surface area contributed by atoms with Crippen LogP contribution < -0.4 is 11.1 Å². The molecule has 1 aromatic rings. The Morgan fingerprint density at radius 3 is 2.85 bits per heavy atom. The van der Waals surface area contributed by atoms with Crippen molar-refractivity contribution in [3.8, 4) is 0 Å². The number of hydrogen-bond acceptors (Lipinski definition) is 4. The standard InChI is InChI=1S/C15H25N3O2/c1-18(2)11-12-6-4-7-13(10-12)17-15(19)14(16)8-5-9-20-3/h4,6-7,10,14H,5,8-9,11,16H2,1-3H3,(H,17,19). The summed E-state index contributed by atoms with van der Waals surface area (Å²) < 4.78 is 4.95. The first-order valence-corrected chi connectivity index (χ1v) is 6.82. The number of amides is 1. The summed E-state index contributed by atoms with van der Waals surface area (Å²) in [5, 5.41) is 2.86. The molecule has 1 atom stereocenters. The number of carbonyl (C=O) groups excluding carboxylic acids is 1. The lowest BCUT2D eigenvalue weighted by atomic mass is 10.1. The zero-order valence-electron chi connectivity index (χ0n) is 12.6. The number of nitrogens with zero attached hydrogens (tertiary/aromatic N) is 1. The van der Waals surface area contributed by atoms with E-state index in [1.54, 1.807) is 7.11 Å². The maximum absolute atomic E-state index is 12.0. The molecule has 1 aromatic carbocycles. The molecule has 3 N–H and O–H groups in total. The van der Waals surface area contributed by atoms with Crippen LogP contribution in [0.3, 0.4) is 0 Å². The van der Waals surface area contributed by atoms with Crippen LogP contribution in [0.15, 0.2) is 24.3 Å². The third-order valence-corrected chi connectivity index (χ3v) is 2.89. The molecule has 0 fully saturated rings. The van der Waals surface area contributed by atoms with Crippen molar-refractivity contribution in [2.45, 2.75) is 25.4 Å². The summed E-state index contributed by atoms with van der Waals surface area (Å²) in [6, 6.07) is 7.32. The van der Waals surface area contributed by atoms with Crippen LogP contribution in [-0.2, 0) is 16.1 Å². The van der Waals surface area contributed by atoms with Gasteiger partial charge in [0.15, 0.2) is 0 Å². The molecule has 0 aliphatic rings. The second-order valence-corrected chi connectivity index (χ2v) is 5.17. The number of methoxy groups -OCH3 is 1. The summed E-state index contributed by atoms with van der Waals surface area (Å²) in [6.07, 6.45) is 1.41. The molecule has 0 aliphatic heterocycles. The van der Waals surface area contributed by atoms with Crippen LogP contribution in [0.1, 0.15) is 18.4 Å². The van der Waals surface area contributed by atoms with Crippen molar-refractivity contribution in [2.24, 2.45) is 5.73 Å². The van der Waals surface area contributed by atoms with Gasteiger partial charge in [-0.1, -0.05) is 12.1 Å². The molecule has 1 amide bonds. The highest BCUT2D eigenvalue weighted by atomic mass is 16.5. The molecule has 0 radical (unpaired) electrons. The van der Waals surface area contributed by atoms with Gasteiger partial charge in [0.1, 0.15) is 0 Å². The monoisotopic (exact) mass is 279 g/mol. The summed E-state index contributed by atoms with van der Waals surface area (Å²) in [5.74, 6) is -0.150. The van der Waals surface area contributed by atoms with Gasteiger partial charge in [-0.3, -0.25) is 4.79 Å². The minimum atomic E-state index is -0.498. The fourth-order valence-electron chi connectivity index (χ4n) is 1.93. The number of nitrogens with two attached hydrogens (primary N) is 1. The highest BCUT2D eigenvalue weighted by molar-refractivity contribution is 5.94. The van der Waals surface area contributed by atoms with Gasteiger partial charge in [0.25, 0.3) is 0 Å². The number of nitrogens with one attached hydrogen (secondary N) is 1. The SMILES string of the molecule is COCCCC(N)C(=O)Nc1cccc(CN(C)C)c1. The maximum Gasteiger partial charge on any atom is 0.241 e. The van der Waals surface area contributed by atoms with E-state index in [-0.39, 0.29) is 5.91 Å². The maximum atomic E-state index is 12.0. The van der Waals surface area contributed by atoms with E-state index >= 15 is 0 Å². The lowest BCUT2D eigenvalue weighted by Crippen LogP contribution is -2.35. The van der Waals surface area contributed by atoms with E-state index in [1.807, 2.05) is 38.4 Å². The first-order chi connectivity index (χ1) is 9.52. The Kier molecular flexibility index (Phi) is 7.22. The lowest BCUT2D eigenvalue weighted by molar-refractivity contribution is -0.117. The van der Waals surface area contributed by atoms with Crippen molar-refractivity contribution >= 4 is 11.6 Å². The third-order valence-electron chi connectivity index (χ3n) is 2.89. The van der Waals surface area contributed by atoms with E-state index in [2.05, 4.69) is 10.2 Å². The molecule has 112 valence electrons. The second-order valence-electron chi connectivity index (χ2n) is 5.17. The molecule has 1 rings (SSSR count). The normalized spacial score (nSPS) is 12.4. The summed E-state index contributed by atoms with van der Waals surface area (Å²) in [4.78, 5) is 14.0. The van der Waals surface area contributed by atoms with Crippen molar-refractivity contribution in [1.29, 1.82) is 0 Å². The first-order valence-electron chi connectivity index (χ1n) is 6.82. The van der Waals surface area contributed by atoms with Gasteiger partial charge in [-0.05, 0) is 44.6 Å². The smallest absolute Gasteiger partial charge is 0.241 e.